The van der Waals surface area contributed by atoms with Crippen LogP contribution in [-0.4, -0.2) is 32.8 Å². The lowest BCUT2D eigenvalue weighted by molar-refractivity contribution is -0.138. The van der Waals surface area contributed by atoms with Crippen LogP contribution in [0.1, 0.15) is 12.0 Å². The first-order chi connectivity index (χ1) is 9.23. The molecule has 0 saturated carbocycles. The Balaban J connectivity index is 2.59. The van der Waals surface area contributed by atoms with Gasteiger partial charge in [-0.1, -0.05) is 12.1 Å². The standard InChI is InChI=1S/C12H16F2N2O3S/c13-9-3-1-2-8(11(9)14)4-6-20(16,19)7-5-10(15)12(17)18/h1-3,10,16H,4-7,15H2,(H,17,18)/t10-,20?/m0/s1. The van der Waals surface area contributed by atoms with Crippen molar-refractivity contribution in [1.29, 1.82) is 4.78 Å². The van der Waals surface area contributed by atoms with Gasteiger partial charge in [0.1, 0.15) is 6.04 Å². The Morgan fingerprint density at radius 2 is 2.05 bits per heavy atom. The van der Waals surface area contributed by atoms with Crippen molar-refractivity contribution in [2.75, 3.05) is 11.5 Å². The van der Waals surface area contributed by atoms with Crippen molar-refractivity contribution in [2.24, 2.45) is 5.73 Å². The number of nitrogens with two attached hydrogens (primary N) is 1. The summed E-state index contributed by atoms with van der Waals surface area (Å²) in [7, 11) is -3.07. The molecule has 0 heterocycles. The molecule has 8 heteroatoms. The molecule has 0 aliphatic carbocycles. The van der Waals surface area contributed by atoms with Crippen molar-refractivity contribution < 1.29 is 22.9 Å². The van der Waals surface area contributed by atoms with Gasteiger partial charge in [0, 0.05) is 21.2 Å². The molecule has 1 aromatic rings. The molecule has 5 nitrogen and oxygen atoms in total. The van der Waals surface area contributed by atoms with Crippen LogP contribution in [0.3, 0.4) is 0 Å². The number of hydrogen-bond acceptors (Lipinski definition) is 4. The highest BCUT2D eigenvalue weighted by Gasteiger charge is 2.16. The summed E-state index contributed by atoms with van der Waals surface area (Å²) in [5.41, 5.74) is 5.31. The summed E-state index contributed by atoms with van der Waals surface area (Å²) >= 11 is 0. The van der Waals surface area contributed by atoms with Gasteiger partial charge in [0.05, 0.1) is 0 Å². The maximum absolute atomic E-state index is 13.4. The lowest BCUT2D eigenvalue weighted by Crippen LogP contribution is -2.32. The van der Waals surface area contributed by atoms with Crippen LogP contribution in [0.25, 0.3) is 0 Å². The Morgan fingerprint density at radius 1 is 1.40 bits per heavy atom. The molecule has 0 bridgehead atoms. The molecule has 4 N–H and O–H groups in total. The van der Waals surface area contributed by atoms with Crippen LogP contribution in [0.4, 0.5) is 8.78 Å². The summed E-state index contributed by atoms with van der Waals surface area (Å²) in [4.78, 5) is 10.5. The third kappa shape index (κ3) is 4.86. The van der Waals surface area contributed by atoms with E-state index < -0.39 is 33.4 Å². The number of carbonyl (C=O) groups is 1. The number of carboxylic acid groups (broad SMARTS) is 1. The third-order valence-corrected chi connectivity index (χ3v) is 4.57. The van der Waals surface area contributed by atoms with Crippen LogP contribution in [0.2, 0.25) is 0 Å². The second kappa shape index (κ2) is 6.76. The van der Waals surface area contributed by atoms with E-state index >= 15 is 0 Å². The number of hydrogen-bond donors (Lipinski definition) is 3. The first kappa shape index (κ1) is 16.5. The average molecular weight is 306 g/mol. The van der Waals surface area contributed by atoms with Crippen LogP contribution < -0.4 is 5.73 Å². The fourth-order valence-corrected chi connectivity index (χ4v) is 2.95. The zero-order chi connectivity index (χ0) is 15.3. The van der Waals surface area contributed by atoms with Gasteiger partial charge in [0.2, 0.25) is 0 Å². The number of benzene rings is 1. The lowest BCUT2D eigenvalue weighted by Gasteiger charge is -2.10. The minimum absolute atomic E-state index is 0.0474. The molecule has 1 rings (SSSR count). The van der Waals surface area contributed by atoms with Crippen LogP contribution in [0.15, 0.2) is 18.2 Å². The maximum Gasteiger partial charge on any atom is 0.320 e. The van der Waals surface area contributed by atoms with E-state index in [1.165, 1.54) is 12.1 Å². The zero-order valence-electron chi connectivity index (χ0n) is 10.6. The predicted octanol–water partition coefficient (Wildman–Crippen LogP) is 1.36. The molecule has 0 aliphatic rings. The van der Waals surface area contributed by atoms with Gasteiger partial charge in [0.25, 0.3) is 0 Å². The number of nitrogens with one attached hydrogen (secondary N) is 1. The molecule has 1 aromatic carbocycles. The lowest BCUT2D eigenvalue weighted by atomic mass is 10.1. The normalized spacial score (nSPS) is 15.6. The van der Waals surface area contributed by atoms with E-state index in [1.54, 1.807) is 0 Å². The number of aliphatic carboxylic acids is 1. The van der Waals surface area contributed by atoms with Gasteiger partial charge in [-0.05, 0) is 24.5 Å². The fraction of sp³-hybridized carbons (Fsp3) is 0.417. The molecular weight excluding hydrogens is 290 g/mol. The van der Waals surface area contributed by atoms with Crippen molar-refractivity contribution in [3.63, 3.8) is 0 Å². The molecule has 0 amide bonds. The maximum atomic E-state index is 13.4. The summed E-state index contributed by atoms with van der Waals surface area (Å²) in [6.45, 7) is 0. The second-order valence-electron chi connectivity index (χ2n) is 4.42. The largest absolute Gasteiger partial charge is 0.480 e. The van der Waals surface area contributed by atoms with E-state index in [2.05, 4.69) is 0 Å². The average Bonchev–Trinajstić information content (AvgIpc) is 2.37. The van der Waals surface area contributed by atoms with Crippen molar-refractivity contribution in [3.8, 4) is 0 Å². The van der Waals surface area contributed by atoms with Gasteiger partial charge in [-0.2, -0.15) is 0 Å². The molecule has 0 aliphatic heterocycles. The minimum atomic E-state index is -3.07. The highest BCUT2D eigenvalue weighted by Crippen LogP contribution is 2.13. The Morgan fingerprint density at radius 3 is 2.65 bits per heavy atom. The van der Waals surface area contributed by atoms with Crippen LogP contribution in [0.5, 0.6) is 0 Å². The van der Waals surface area contributed by atoms with E-state index in [0.29, 0.717) is 0 Å². The minimum Gasteiger partial charge on any atom is -0.480 e. The van der Waals surface area contributed by atoms with Gasteiger partial charge in [-0.15, -0.1) is 0 Å². The summed E-state index contributed by atoms with van der Waals surface area (Å²) in [6, 6.07) is 2.49. The number of aryl methyl sites for hydroxylation is 1. The summed E-state index contributed by atoms with van der Waals surface area (Å²) in [5.74, 6) is -3.58. The molecule has 0 aromatic heterocycles. The van der Waals surface area contributed by atoms with E-state index in [4.69, 9.17) is 15.6 Å². The molecule has 112 valence electrons. The highest BCUT2D eigenvalue weighted by molar-refractivity contribution is 7.92. The van der Waals surface area contributed by atoms with E-state index in [-0.39, 0.29) is 29.9 Å². The van der Waals surface area contributed by atoms with Gasteiger partial charge in [0.15, 0.2) is 11.6 Å². The third-order valence-electron chi connectivity index (χ3n) is 2.81. The van der Waals surface area contributed by atoms with Crippen molar-refractivity contribution in [1.82, 2.24) is 0 Å². The predicted molar refractivity (Wildman–Crippen MR) is 70.9 cm³/mol. The molecule has 2 atom stereocenters. The van der Waals surface area contributed by atoms with Crippen molar-refractivity contribution in [2.45, 2.75) is 18.9 Å². The Hall–Kier alpha value is -1.54. The summed E-state index contributed by atoms with van der Waals surface area (Å²) in [6.07, 6.45) is -0.141. The van der Waals surface area contributed by atoms with Gasteiger partial charge >= 0.3 is 5.97 Å². The second-order valence-corrected chi connectivity index (χ2v) is 6.86. The van der Waals surface area contributed by atoms with E-state index in [9.17, 15) is 17.8 Å². The van der Waals surface area contributed by atoms with Crippen molar-refractivity contribution >= 4 is 15.7 Å². The first-order valence-electron chi connectivity index (χ1n) is 5.88. The molecular formula is C12H16F2N2O3S. The SMILES string of the molecule is N=S(=O)(CCc1cccc(F)c1F)CC[C@H](N)C(=O)O. The quantitative estimate of drug-likeness (QED) is 0.707. The highest BCUT2D eigenvalue weighted by atomic mass is 32.2. The molecule has 0 saturated heterocycles. The van der Waals surface area contributed by atoms with Gasteiger partial charge < -0.3 is 10.8 Å². The monoisotopic (exact) mass is 306 g/mol. The molecule has 0 spiro atoms. The topological polar surface area (TPSA) is 104 Å². The summed E-state index contributed by atoms with van der Waals surface area (Å²) in [5, 5.41) is 8.58. The fourth-order valence-electron chi connectivity index (χ4n) is 1.56. The number of carboxylic acids is 1. The van der Waals surface area contributed by atoms with E-state index in [1.807, 2.05) is 0 Å². The van der Waals surface area contributed by atoms with E-state index in [0.717, 1.165) is 6.07 Å². The molecule has 1 unspecified atom stereocenters. The first-order valence-corrected chi connectivity index (χ1v) is 7.78. The van der Waals surface area contributed by atoms with Crippen LogP contribution in [0, 0.1) is 16.4 Å². The molecule has 0 radical (unpaired) electrons. The van der Waals surface area contributed by atoms with Crippen molar-refractivity contribution in [3.05, 3.63) is 35.4 Å². The Labute approximate surface area is 115 Å². The number of halogens is 2. The Bertz CT molecular complexity index is 590. The van der Waals surface area contributed by atoms with Gasteiger partial charge in [-0.3, -0.25) is 9.57 Å². The smallest absolute Gasteiger partial charge is 0.320 e. The molecule has 20 heavy (non-hydrogen) atoms. The zero-order valence-corrected chi connectivity index (χ0v) is 11.5. The molecule has 0 fully saturated rings. The van der Waals surface area contributed by atoms with Crippen LogP contribution in [-0.2, 0) is 20.9 Å². The van der Waals surface area contributed by atoms with Gasteiger partial charge in [-0.25, -0.2) is 13.0 Å². The Kier molecular flexibility index (Phi) is 5.58. The summed E-state index contributed by atoms with van der Waals surface area (Å²) < 4.78 is 45.8. The van der Waals surface area contributed by atoms with Crippen LogP contribution >= 0.6 is 0 Å². The number of rotatable bonds is 7.